The summed E-state index contributed by atoms with van der Waals surface area (Å²) in [5, 5.41) is 3.64. The minimum atomic E-state index is -0.473. The van der Waals surface area contributed by atoms with Crippen LogP contribution in [0.15, 0.2) is 53.3 Å². The van der Waals surface area contributed by atoms with Crippen molar-refractivity contribution in [2.45, 2.75) is 32.9 Å². The molecule has 2 aromatic carbocycles. The van der Waals surface area contributed by atoms with Crippen molar-refractivity contribution in [2.75, 3.05) is 0 Å². The van der Waals surface area contributed by atoms with Gasteiger partial charge in [-0.3, -0.25) is 13.5 Å². The second-order valence-electron chi connectivity index (χ2n) is 5.79. The fourth-order valence-electron chi connectivity index (χ4n) is 2.76. The van der Waals surface area contributed by atoms with E-state index >= 15 is 0 Å². The van der Waals surface area contributed by atoms with Gasteiger partial charge in [-0.1, -0.05) is 54.9 Å². The van der Waals surface area contributed by atoms with E-state index in [2.05, 4.69) is 5.32 Å². The van der Waals surface area contributed by atoms with Crippen molar-refractivity contribution in [1.29, 1.82) is 0 Å². The molecular formula is C19H20N2O2S. The zero-order valence-electron chi connectivity index (χ0n) is 13.8. The van der Waals surface area contributed by atoms with Crippen LogP contribution >= 0.6 is 11.5 Å². The third kappa shape index (κ3) is 3.12. The number of nitrogens with zero attached hydrogens (tertiary/aromatic N) is 1. The van der Waals surface area contributed by atoms with Gasteiger partial charge in [-0.15, -0.1) is 0 Å². The van der Waals surface area contributed by atoms with Crippen molar-refractivity contribution in [3.8, 4) is 0 Å². The number of fused-ring (bicyclic) bond motifs is 1. The quantitative estimate of drug-likeness (QED) is 0.771. The van der Waals surface area contributed by atoms with E-state index in [1.807, 2.05) is 62.4 Å². The largest absolute Gasteiger partial charge is 0.350 e. The van der Waals surface area contributed by atoms with E-state index in [1.54, 1.807) is 3.96 Å². The van der Waals surface area contributed by atoms with Gasteiger partial charge in [0.25, 0.3) is 5.56 Å². The van der Waals surface area contributed by atoms with Gasteiger partial charge < -0.3 is 5.32 Å². The predicted octanol–water partition coefficient (Wildman–Crippen LogP) is 3.64. The number of aryl methyl sites for hydroxylation is 1. The van der Waals surface area contributed by atoms with Crippen LogP contribution in [0.4, 0.5) is 0 Å². The lowest BCUT2D eigenvalue weighted by Gasteiger charge is -2.15. The molecule has 4 nitrogen and oxygen atoms in total. The summed E-state index contributed by atoms with van der Waals surface area (Å²) in [7, 11) is 0. The molecule has 1 N–H and O–H groups in total. The third-order valence-corrected chi connectivity index (χ3v) is 5.37. The Balaban J connectivity index is 1.82. The van der Waals surface area contributed by atoms with Gasteiger partial charge >= 0.3 is 0 Å². The molecule has 5 heteroatoms. The van der Waals surface area contributed by atoms with Crippen LogP contribution in [0.5, 0.6) is 0 Å². The molecule has 1 heterocycles. The molecule has 0 fully saturated rings. The van der Waals surface area contributed by atoms with E-state index in [1.165, 1.54) is 11.5 Å². The van der Waals surface area contributed by atoms with Crippen LogP contribution in [0.2, 0.25) is 0 Å². The number of benzene rings is 2. The molecule has 1 atom stereocenters. The highest BCUT2D eigenvalue weighted by Crippen LogP contribution is 2.21. The molecule has 0 radical (unpaired) electrons. The Morgan fingerprint density at radius 1 is 1.17 bits per heavy atom. The topological polar surface area (TPSA) is 51.1 Å². The van der Waals surface area contributed by atoms with Crippen molar-refractivity contribution < 1.29 is 4.79 Å². The van der Waals surface area contributed by atoms with Gasteiger partial charge in [0.1, 0.15) is 6.04 Å². The molecular weight excluding hydrogens is 320 g/mol. The van der Waals surface area contributed by atoms with E-state index in [0.29, 0.717) is 18.4 Å². The summed E-state index contributed by atoms with van der Waals surface area (Å²) in [6.07, 6.45) is 0.576. The van der Waals surface area contributed by atoms with Crippen molar-refractivity contribution in [3.05, 3.63) is 70.0 Å². The van der Waals surface area contributed by atoms with Crippen LogP contribution in [0, 0.1) is 6.92 Å². The number of amides is 1. The lowest BCUT2D eigenvalue weighted by atomic mass is 10.1. The lowest BCUT2D eigenvalue weighted by molar-refractivity contribution is -0.124. The SMILES string of the molecule is CCC(C(=O)NCc1ccccc1C)n1sc2ccccc2c1=O. The Bertz CT molecular complexity index is 926. The minimum Gasteiger partial charge on any atom is -0.350 e. The van der Waals surface area contributed by atoms with Gasteiger partial charge in [-0.25, -0.2) is 0 Å². The summed E-state index contributed by atoms with van der Waals surface area (Å²) in [5.41, 5.74) is 2.14. The molecule has 1 aromatic heterocycles. The highest BCUT2D eigenvalue weighted by molar-refractivity contribution is 7.14. The van der Waals surface area contributed by atoms with E-state index in [-0.39, 0.29) is 11.5 Å². The fraction of sp³-hybridized carbons (Fsp3) is 0.263. The molecule has 0 aliphatic rings. The number of carbonyl (C=O) groups excluding carboxylic acids is 1. The fourth-order valence-corrected chi connectivity index (χ4v) is 3.92. The highest BCUT2D eigenvalue weighted by Gasteiger charge is 2.22. The summed E-state index contributed by atoms with van der Waals surface area (Å²) < 4.78 is 2.50. The maximum atomic E-state index is 12.6. The molecule has 0 aliphatic heterocycles. The summed E-state index contributed by atoms with van der Waals surface area (Å²) in [6, 6.07) is 15.0. The summed E-state index contributed by atoms with van der Waals surface area (Å²) in [5.74, 6) is -0.116. The van der Waals surface area contributed by atoms with E-state index in [4.69, 9.17) is 0 Å². The zero-order valence-corrected chi connectivity index (χ0v) is 14.6. The number of hydrogen-bond acceptors (Lipinski definition) is 3. The summed E-state index contributed by atoms with van der Waals surface area (Å²) in [6.45, 7) is 4.42. The Kier molecular flexibility index (Phi) is 4.81. The van der Waals surface area contributed by atoms with Crippen LogP contribution in [0.25, 0.3) is 10.1 Å². The smallest absolute Gasteiger partial charge is 0.269 e. The van der Waals surface area contributed by atoms with Gasteiger partial charge in [0, 0.05) is 6.54 Å². The van der Waals surface area contributed by atoms with Crippen LogP contribution in [0.3, 0.4) is 0 Å². The number of aromatic nitrogens is 1. The second kappa shape index (κ2) is 7.01. The van der Waals surface area contributed by atoms with Crippen LogP contribution in [0.1, 0.15) is 30.5 Å². The average molecular weight is 340 g/mol. The predicted molar refractivity (Wildman–Crippen MR) is 98.4 cm³/mol. The molecule has 1 amide bonds. The summed E-state index contributed by atoms with van der Waals surface area (Å²) in [4.78, 5) is 25.2. The molecule has 3 aromatic rings. The van der Waals surface area contributed by atoms with Gasteiger partial charge in [0.05, 0.1) is 10.1 Å². The first-order valence-corrected chi connectivity index (χ1v) is 8.82. The van der Waals surface area contributed by atoms with Gasteiger partial charge in [-0.2, -0.15) is 0 Å². The van der Waals surface area contributed by atoms with Gasteiger partial charge in [0.15, 0.2) is 0 Å². The maximum Gasteiger partial charge on any atom is 0.269 e. The number of rotatable bonds is 5. The zero-order chi connectivity index (χ0) is 17.1. The molecule has 24 heavy (non-hydrogen) atoms. The Morgan fingerprint density at radius 2 is 1.88 bits per heavy atom. The van der Waals surface area contributed by atoms with E-state index in [0.717, 1.165) is 15.8 Å². The molecule has 1 unspecified atom stereocenters. The van der Waals surface area contributed by atoms with Crippen LogP contribution < -0.4 is 10.9 Å². The molecule has 0 spiro atoms. The standard InChI is InChI=1S/C19H20N2O2S/c1-3-16(18(22)20-12-14-9-5-4-8-13(14)2)21-19(23)15-10-6-7-11-17(15)24-21/h4-11,16H,3,12H2,1-2H3,(H,20,22). The van der Waals surface area contributed by atoms with Crippen molar-refractivity contribution in [3.63, 3.8) is 0 Å². The Labute approximate surface area is 144 Å². The van der Waals surface area contributed by atoms with Gasteiger partial charge in [0.2, 0.25) is 5.91 Å². The lowest BCUT2D eigenvalue weighted by Crippen LogP contribution is -2.34. The molecule has 0 saturated carbocycles. The molecule has 0 aliphatic carbocycles. The Morgan fingerprint density at radius 3 is 2.58 bits per heavy atom. The Hall–Kier alpha value is -2.40. The number of carbonyl (C=O) groups is 1. The molecule has 3 rings (SSSR count). The average Bonchev–Trinajstić information content (AvgIpc) is 2.92. The van der Waals surface area contributed by atoms with Crippen molar-refractivity contribution in [1.82, 2.24) is 9.27 Å². The van der Waals surface area contributed by atoms with Crippen molar-refractivity contribution >= 4 is 27.5 Å². The molecule has 124 valence electrons. The first-order chi connectivity index (χ1) is 11.6. The first-order valence-electron chi connectivity index (χ1n) is 8.04. The number of nitrogens with one attached hydrogen (secondary N) is 1. The maximum absolute atomic E-state index is 12.6. The normalized spacial score (nSPS) is 12.2. The third-order valence-electron chi connectivity index (χ3n) is 4.20. The number of hydrogen-bond donors (Lipinski definition) is 1. The highest BCUT2D eigenvalue weighted by atomic mass is 32.1. The van der Waals surface area contributed by atoms with Crippen molar-refractivity contribution in [2.24, 2.45) is 0 Å². The second-order valence-corrected chi connectivity index (χ2v) is 6.80. The van der Waals surface area contributed by atoms with E-state index in [9.17, 15) is 9.59 Å². The molecule has 0 bridgehead atoms. The molecule has 0 saturated heterocycles. The van der Waals surface area contributed by atoms with E-state index < -0.39 is 6.04 Å². The van der Waals surface area contributed by atoms with Gasteiger partial charge in [-0.05, 0) is 36.6 Å². The minimum absolute atomic E-state index is 0.0894. The monoisotopic (exact) mass is 340 g/mol. The summed E-state index contributed by atoms with van der Waals surface area (Å²) >= 11 is 1.35. The first kappa shape index (κ1) is 16.5. The van der Waals surface area contributed by atoms with Crippen LogP contribution in [-0.2, 0) is 11.3 Å². The van der Waals surface area contributed by atoms with Crippen LogP contribution in [-0.4, -0.2) is 9.86 Å².